The topological polar surface area (TPSA) is 71.3 Å². The zero-order chi connectivity index (χ0) is 20.1. The molecule has 8 heteroatoms. The van der Waals surface area contributed by atoms with Crippen LogP contribution in [-0.4, -0.2) is 62.8 Å². The van der Waals surface area contributed by atoms with E-state index in [0.717, 1.165) is 18.7 Å². The number of nitrogens with zero attached hydrogens (tertiary/aromatic N) is 5. The molecule has 0 bridgehead atoms. The molecule has 0 aliphatic carbocycles. The van der Waals surface area contributed by atoms with Gasteiger partial charge in [-0.05, 0) is 38.3 Å². The highest BCUT2D eigenvalue weighted by atomic mass is 35.5. The number of halogens is 1. The van der Waals surface area contributed by atoms with Crippen molar-refractivity contribution < 1.29 is 9.59 Å². The lowest BCUT2D eigenvalue weighted by molar-refractivity contribution is -0.136. The predicted molar refractivity (Wildman–Crippen MR) is 107 cm³/mol. The fraction of sp³-hybridized carbons (Fsp3) is 0.500. The molecule has 1 aliphatic heterocycles. The number of hydrogen-bond acceptors (Lipinski definition) is 4. The number of benzene rings is 1. The van der Waals surface area contributed by atoms with Crippen LogP contribution in [-0.2, 0) is 11.3 Å². The van der Waals surface area contributed by atoms with Gasteiger partial charge in [0.1, 0.15) is 0 Å². The molecule has 1 aromatic carbocycles. The van der Waals surface area contributed by atoms with Crippen LogP contribution in [0.25, 0.3) is 0 Å². The van der Waals surface area contributed by atoms with E-state index in [1.807, 2.05) is 43.0 Å². The molecule has 2 heterocycles. The summed E-state index contributed by atoms with van der Waals surface area (Å²) in [6.45, 7) is 7.02. The third-order valence-electron chi connectivity index (χ3n) is 5.25. The van der Waals surface area contributed by atoms with Gasteiger partial charge >= 0.3 is 0 Å². The first-order valence-corrected chi connectivity index (χ1v) is 10.1. The number of carbonyl (C=O) groups excluding carboxylic acids is 2. The van der Waals surface area contributed by atoms with Crippen molar-refractivity contribution in [3.63, 3.8) is 0 Å². The van der Waals surface area contributed by atoms with Crippen LogP contribution in [0.2, 0.25) is 5.02 Å². The summed E-state index contributed by atoms with van der Waals surface area (Å²) in [5, 5.41) is 8.74. The van der Waals surface area contributed by atoms with Gasteiger partial charge in [-0.25, -0.2) is 4.68 Å². The molecule has 150 valence electrons. The Kier molecular flexibility index (Phi) is 6.67. The quantitative estimate of drug-likeness (QED) is 0.743. The maximum Gasteiger partial charge on any atom is 0.276 e. The van der Waals surface area contributed by atoms with Gasteiger partial charge < -0.3 is 9.80 Å². The summed E-state index contributed by atoms with van der Waals surface area (Å²) in [5.41, 5.74) is 1.24. The molecule has 0 spiro atoms. The first-order chi connectivity index (χ1) is 13.5. The second kappa shape index (κ2) is 9.19. The molecule has 0 saturated carbocycles. The average molecular weight is 404 g/mol. The first kappa shape index (κ1) is 20.3. The van der Waals surface area contributed by atoms with E-state index in [4.69, 9.17) is 11.6 Å². The van der Waals surface area contributed by atoms with Crippen LogP contribution in [0.4, 0.5) is 0 Å². The van der Waals surface area contributed by atoms with Crippen molar-refractivity contribution in [1.29, 1.82) is 0 Å². The molecule has 1 fully saturated rings. The van der Waals surface area contributed by atoms with E-state index in [1.165, 1.54) is 0 Å². The van der Waals surface area contributed by atoms with Crippen molar-refractivity contribution in [2.24, 2.45) is 5.92 Å². The normalized spacial score (nSPS) is 14.9. The van der Waals surface area contributed by atoms with Crippen molar-refractivity contribution in [2.45, 2.75) is 33.2 Å². The number of hydrogen-bond donors (Lipinski definition) is 0. The van der Waals surface area contributed by atoms with Crippen molar-refractivity contribution in [3.05, 3.63) is 46.7 Å². The predicted octanol–water partition coefficient (Wildman–Crippen LogP) is 2.70. The summed E-state index contributed by atoms with van der Waals surface area (Å²) in [6, 6.07) is 7.53. The van der Waals surface area contributed by atoms with Crippen molar-refractivity contribution in [3.8, 4) is 0 Å². The highest BCUT2D eigenvalue weighted by molar-refractivity contribution is 6.31. The summed E-state index contributed by atoms with van der Waals surface area (Å²) >= 11 is 6.18. The van der Waals surface area contributed by atoms with E-state index in [1.54, 1.807) is 15.8 Å². The van der Waals surface area contributed by atoms with Gasteiger partial charge in [-0.3, -0.25) is 9.59 Å². The molecule has 0 radical (unpaired) electrons. The summed E-state index contributed by atoms with van der Waals surface area (Å²) in [4.78, 5) is 28.9. The molecular weight excluding hydrogens is 378 g/mol. The Morgan fingerprint density at radius 2 is 1.86 bits per heavy atom. The van der Waals surface area contributed by atoms with Crippen LogP contribution < -0.4 is 0 Å². The Morgan fingerprint density at radius 3 is 2.50 bits per heavy atom. The maximum atomic E-state index is 12.7. The maximum absolute atomic E-state index is 12.7. The van der Waals surface area contributed by atoms with Gasteiger partial charge in [0.25, 0.3) is 5.91 Å². The first-order valence-electron chi connectivity index (χ1n) is 9.75. The average Bonchev–Trinajstić information content (AvgIpc) is 3.18. The molecule has 0 unspecified atom stereocenters. The van der Waals surface area contributed by atoms with E-state index in [-0.39, 0.29) is 17.7 Å². The second-order valence-corrected chi connectivity index (χ2v) is 7.38. The van der Waals surface area contributed by atoms with Gasteiger partial charge in [-0.1, -0.05) is 35.0 Å². The molecule has 2 aromatic rings. The second-order valence-electron chi connectivity index (χ2n) is 6.97. The van der Waals surface area contributed by atoms with E-state index in [0.29, 0.717) is 43.2 Å². The lowest BCUT2D eigenvalue weighted by Crippen LogP contribution is -2.44. The number of likely N-dealkylation sites (tertiary alicyclic amines) is 1. The van der Waals surface area contributed by atoms with Crippen molar-refractivity contribution in [1.82, 2.24) is 24.8 Å². The molecule has 7 nitrogen and oxygen atoms in total. The molecule has 0 N–H and O–H groups in total. The van der Waals surface area contributed by atoms with Crippen LogP contribution in [0.3, 0.4) is 0 Å². The largest absolute Gasteiger partial charge is 0.343 e. The molecule has 0 atom stereocenters. The summed E-state index contributed by atoms with van der Waals surface area (Å²) in [7, 11) is 0. The zero-order valence-electron chi connectivity index (χ0n) is 16.3. The molecule has 1 saturated heterocycles. The molecule has 2 amide bonds. The fourth-order valence-corrected chi connectivity index (χ4v) is 3.76. The van der Waals surface area contributed by atoms with E-state index in [2.05, 4.69) is 10.3 Å². The van der Waals surface area contributed by atoms with E-state index in [9.17, 15) is 9.59 Å². The standard InChI is InChI=1S/C20H26ClN5O2/c1-3-24(4-2)19(27)15-9-11-25(12-10-15)20(28)18-14-26(23-22-18)13-16-7-5-6-8-17(16)21/h5-8,14-15H,3-4,9-13H2,1-2H3. The van der Waals surface area contributed by atoms with Gasteiger partial charge in [-0.2, -0.15) is 0 Å². The minimum absolute atomic E-state index is 0.000134. The highest BCUT2D eigenvalue weighted by Gasteiger charge is 2.30. The van der Waals surface area contributed by atoms with Gasteiger partial charge in [0.05, 0.1) is 12.7 Å². The minimum atomic E-state index is -0.140. The Bertz CT molecular complexity index is 826. The third-order valence-corrected chi connectivity index (χ3v) is 5.62. The number of carbonyl (C=O) groups is 2. The summed E-state index contributed by atoms with van der Waals surface area (Å²) in [6.07, 6.45) is 3.03. The number of rotatable bonds is 6. The Hall–Kier alpha value is -2.41. The Morgan fingerprint density at radius 1 is 1.18 bits per heavy atom. The lowest BCUT2D eigenvalue weighted by atomic mass is 9.95. The minimum Gasteiger partial charge on any atom is -0.343 e. The highest BCUT2D eigenvalue weighted by Crippen LogP contribution is 2.21. The van der Waals surface area contributed by atoms with Crippen LogP contribution in [0, 0.1) is 5.92 Å². The van der Waals surface area contributed by atoms with Crippen LogP contribution in [0.5, 0.6) is 0 Å². The van der Waals surface area contributed by atoms with Crippen LogP contribution in [0.15, 0.2) is 30.5 Å². The number of aromatic nitrogens is 3. The van der Waals surface area contributed by atoms with E-state index < -0.39 is 0 Å². The van der Waals surface area contributed by atoms with E-state index >= 15 is 0 Å². The van der Waals surface area contributed by atoms with Gasteiger partial charge in [0, 0.05) is 37.1 Å². The smallest absolute Gasteiger partial charge is 0.276 e. The zero-order valence-corrected chi connectivity index (χ0v) is 17.1. The lowest BCUT2D eigenvalue weighted by Gasteiger charge is -2.33. The molecule has 28 heavy (non-hydrogen) atoms. The van der Waals surface area contributed by atoms with Crippen LogP contribution in [0.1, 0.15) is 42.7 Å². The molecular formula is C20H26ClN5O2. The van der Waals surface area contributed by atoms with Gasteiger partial charge in [0.15, 0.2) is 5.69 Å². The third kappa shape index (κ3) is 4.52. The molecule has 1 aromatic heterocycles. The van der Waals surface area contributed by atoms with Crippen molar-refractivity contribution in [2.75, 3.05) is 26.2 Å². The molecule has 1 aliphatic rings. The monoisotopic (exact) mass is 403 g/mol. The number of amides is 2. The summed E-state index contributed by atoms with van der Waals surface area (Å²) in [5.74, 6) is 0.0572. The number of piperidine rings is 1. The van der Waals surface area contributed by atoms with Crippen molar-refractivity contribution >= 4 is 23.4 Å². The Labute approximate surface area is 170 Å². The SMILES string of the molecule is CCN(CC)C(=O)C1CCN(C(=O)c2cn(Cc3ccccc3Cl)nn2)CC1. The van der Waals surface area contributed by atoms with Gasteiger partial charge in [-0.15, -0.1) is 5.10 Å². The summed E-state index contributed by atoms with van der Waals surface area (Å²) < 4.78 is 1.62. The van der Waals surface area contributed by atoms with Crippen LogP contribution >= 0.6 is 11.6 Å². The fourth-order valence-electron chi connectivity index (χ4n) is 3.56. The Balaban J connectivity index is 1.58. The molecule has 3 rings (SSSR count). The van der Waals surface area contributed by atoms with Gasteiger partial charge in [0.2, 0.25) is 5.91 Å².